The highest BCUT2D eigenvalue weighted by atomic mass is 35.5. The summed E-state index contributed by atoms with van der Waals surface area (Å²) < 4.78 is 5.24. The Morgan fingerprint density at radius 3 is 2.61 bits per heavy atom. The predicted molar refractivity (Wildman–Crippen MR) is 111 cm³/mol. The first-order valence-corrected chi connectivity index (χ1v) is 9.57. The summed E-state index contributed by atoms with van der Waals surface area (Å²) in [6.07, 6.45) is 0.819. The summed E-state index contributed by atoms with van der Waals surface area (Å²) >= 11 is 6.00. The van der Waals surface area contributed by atoms with Gasteiger partial charge in [-0.15, -0.1) is 0 Å². The van der Waals surface area contributed by atoms with Crippen LogP contribution in [0.5, 0.6) is 5.75 Å². The van der Waals surface area contributed by atoms with E-state index >= 15 is 0 Å². The van der Waals surface area contributed by atoms with E-state index in [0.717, 1.165) is 18.5 Å². The number of methoxy groups -OCH3 is 1. The van der Waals surface area contributed by atoms with Gasteiger partial charge in [-0.05, 0) is 47.9 Å². The van der Waals surface area contributed by atoms with Gasteiger partial charge in [-0.1, -0.05) is 31.5 Å². The number of urea groups is 1. The van der Waals surface area contributed by atoms with E-state index < -0.39 is 6.03 Å². The van der Waals surface area contributed by atoms with Crippen LogP contribution in [0.2, 0.25) is 5.02 Å². The van der Waals surface area contributed by atoms with Crippen LogP contribution in [0.15, 0.2) is 36.4 Å². The quantitative estimate of drug-likeness (QED) is 0.790. The second kappa shape index (κ2) is 8.52. The number of ether oxygens (including phenoxy) is 1. The van der Waals surface area contributed by atoms with E-state index in [0.29, 0.717) is 28.7 Å². The topological polar surface area (TPSA) is 70.7 Å². The maximum Gasteiger partial charge on any atom is 0.323 e. The minimum Gasteiger partial charge on any atom is -0.495 e. The third-order valence-electron chi connectivity index (χ3n) is 4.69. The van der Waals surface area contributed by atoms with Crippen molar-refractivity contribution >= 4 is 34.9 Å². The molecule has 0 fully saturated rings. The molecule has 3 rings (SSSR count). The van der Waals surface area contributed by atoms with Gasteiger partial charge < -0.3 is 20.3 Å². The highest BCUT2D eigenvalue weighted by Crippen LogP contribution is 2.28. The second-order valence-corrected chi connectivity index (χ2v) is 7.51. The summed E-state index contributed by atoms with van der Waals surface area (Å²) in [7, 11) is 1.53. The zero-order valence-electron chi connectivity index (χ0n) is 16.2. The Bertz CT molecular complexity index is 898. The molecule has 0 bridgehead atoms. The number of nitrogens with one attached hydrogen (secondary N) is 2. The largest absolute Gasteiger partial charge is 0.495 e. The minimum absolute atomic E-state index is 0.0266. The standard InChI is InChI=1S/C21H24ClN3O3/c1-13(2)20(26)25-9-8-14-4-6-17(10-15(14)12-25)23-21(27)24-18-11-16(22)5-7-19(18)28-3/h4-7,10-11,13H,8-9,12H2,1-3H3,(H2,23,24,27). The van der Waals surface area contributed by atoms with Gasteiger partial charge in [0.25, 0.3) is 0 Å². The summed E-state index contributed by atoms with van der Waals surface area (Å²) in [5, 5.41) is 6.07. The van der Waals surface area contributed by atoms with Gasteiger partial charge in [0.2, 0.25) is 5.91 Å². The van der Waals surface area contributed by atoms with Crippen molar-refractivity contribution in [2.75, 3.05) is 24.3 Å². The highest BCUT2D eigenvalue weighted by molar-refractivity contribution is 6.31. The molecule has 0 radical (unpaired) electrons. The number of rotatable bonds is 4. The normalized spacial score (nSPS) is 13.1. The first-order chi connectivity index (χ1) is 13.4. The molecule has 2 aromatic rings. The van der Waals surface area contributed by atoms with Crippen molar-refractivity contribution in [3.05, 3.63) is 52.5 Å². The summed E-state index contributed by atoms with van der Waals surface area (Å²) in [6.45, 7) is 5.10. The second-order valence-electron chi connectivity index (χ2n) is 7.07. The molecule has 2 aromatic carbocycles. The fourth-order valence-corrected chi connectivity index (χ4v) is 3.42. The molecule has 7 heteroatoms. The molecule has 0 saturated carbocycles. The van der Waals surface area contributed by atoms with Crippen LogP contribution in [-0.2, 0) is 17.8 Å². The number of fused-ring (bicyclic) bond motifs is 1. The molecule has 0 unspecified atom stereocenters. The van der Waals surface area contributed by atoms with E-state index in [4.69, 9.17) is 16.3 Å². The van der Waals surface area contributed by atoms with Gasteiger partial charge in [0.05, 0.1) is 12.8 Å². The lowest BCUT2D eigenvalue weighted by Crippen LogP contribution is -2.38. The fourth-order valence-electron chi connectivity index (χ4n) is 3.25. The Morgan fingerprint density at radius 2 is 1.89 bits per heavy atom. The summed E-state index contributed by atoms with van der Waals surface area (Å²) in [6, 6.07) is 10.4. The number of hydrogen-bond donors (Lipinski definition) is 2. The number of anilines is 2. The van der Waals surface area contributed by atoms with Crippen LogP contribution in [0.25, 0.3) is 0 Å². The van der Waals surface area contributed by atoms with Crippen LogP contribution < -0.4 is 15.4 Å². The molecule has 0 aliphatic carbocycles. The molecule has 0 saturated heterocycles. The van der Waals surface area contributed by atoms with Crippen LogP contribution in [0.4, 0.5) is 16.2 Å². The highest BCUT2D eigenvalue weighted by Gasteiger charge is 2.22. The number of carbonyl (C=O) groups is 2. The SMILES string of the molecule is COc1ccc(Cl)cc1NC(=O)Nc1ccc2c(c1)CN(C(=O)C(C)C)CC2. The van der Waals surface area contributed by atoms with Gasteiger partial charge in [-0.2, -0.15) is 0 Å². The van der Waals surface area contributed by atoms with Crippen LogP contribution in [0.3, 0.4) is 0 Å². The molecule has 28 heavy (non-hydrogen) atoms. The van der Waals surface area contributed by atoms with Crippen molar-refractivity contribution in [3.63, 3.8) is 0 Å². The lowest BCUT2D eigenvalue weighted by Gasteiger charge is -2.30. The predicted octanol–water partition coefficient (Wildman–Crippen LogP) is 4.53. The maximum absolute atomic E-state index is 12.4. The van der Waals surface area contributed by atoms with E-state index in [1.54, 1.807) is 18.2 Å². The number of hydrogen-bond acceptors (Lipinski definition) is 3. The third kappa shape index (κ3) is 4.57. The van der Waals surface area contributed by atoms with Crippen LogP contribution in [-0.4, -0.2) is 30.5 Å². The van der Waals surface area contributed by atoms with Crippen LogP contribution in [0, 0.1) is 5.92 Å². The Kier molecular flexibility index (Phi) is 6.09. The van der Waals surface area contributed by atoms with Gasteiger partial charge in [0, 0.05) is 29.7 Å². The smallest absolute Gasteiger partial charge is 0.323 e. The average Bonchev–Trinajstić information content (AvgIpc) is 2.66. The van der Waals surface area contributed by atoms with E-state index in [9.17, 15) is 9.59 Å². The molecule has 6 nitrogen and oxygen atoms in total. The molecule has 3 amide bonds. The van der Waals surface area contributed by atoms with Crippen molar-refractivity contribution < 1.29 is 14.3 Å². The molecule has 1 heterocycles. The van der Waals surface area contributed by atoms with Gasteiger partial charge >= 0.3 is 6.03 Å². The van der Waals surface area contributed by atoms with Gasteiger partial charge in [0.15, 0.2) is 0 Å². The number of halogens is 1. The number of carbonyl (C=O) groups excluding carboxylic acids is 2. The molecule has 1 aliphatic heterocycles. The first-order valence-electron chi connectivity index (χ1n) is 9.19. The fraction of sp³-hybridized carbons (Fsp3) is 0.333. The Morgan fingerprint density at radius 1 is 1.11 bits per heavy atom. The molecule has 0 spiro atoms. The minimum atomic E-state index is -0.397. The van der Waals surface area contributed by atoms with Gasteiger partial charge in [0.1, 0.15) is 5.75 Å². The number of nitrogens with zero attached hydrogens (tertiary/aromatic N) is 1. The lowest BCUT2D eigenvalue weighted by atomic mass is 9.98. The zero-order chi connectivity index (χ0) is 20.3. The van der Waals surface area contributed by atoms with Gasteiger partial charge in [-0.3, -0.25) is 4.79 Å². The van der Waals surface area contributed by atoms with E-state index in [2.05, 4.69) is 10.6 Å². The summed E-state index contributed by atoms with van der Waals surface area (Å²) in [5.41, 5.74) is 3.41. The lowest BCUT2D eigenvalue weighted by molar-refractivity contribution is -0.135. The Balaban J connectivity index is 1.71. The van der Waals surface area contributed by atoms with Crippen molar-refractivity contribution in [3.8, 4) is 5.75 Å². The van der Waals surface area contributed by atoms with Crippen LogP contribution >= 0.6 is 11.6 Å². The zero-order valence-corrected chi connectivity index (χ0v) is 17.0. The van der Waals surface area contributed by atoms with Crippen LogP contribution in [0.1, 0.15) is 25.0 Å². The molecule has 1 aliphatic rings. The molecular weight excluding hydrogens is 378 g/mol. The van der Waals surface area contributed by atoms with Crippen molar-refractivity contribution in [1.82, 2.24) is 4.90 Å². The summed E-state index contributed by atoms with van der Waals surface area (Å²) in [4.78, 5) is 26.6. The Labute approximate surface area is 169 Å². The van der Waals surface area contributed by atoms with Crippen molar-refractivity contribution in [1.29, 1.82) is 0 Å². The monoisotopic (exact) mass is 401 g/mol. The third-order valence-corrected chi connectivity index (χ3v) is 4.93. The molecule has 0 aromatic heterocycles. The van der Waals surface area contributed by atoms with Crippen molar-refractivity contribution in [2.24, 2.45) is 5.92 Å². The van der Waals surface area contributed by atoms with E-state index in [-0.39, 0.29) is 11.8 Å². The molecule has 2 N–H and O–H groups in total. The summed E-state index contributed by atoms with van der Waals surface area (Å²) in [5.74, 6) is 0.643. The number of amides is 3. The van der Waals surface area contributed by atoms with E-state index in [1.807, 2.05) is 36.9 Å². The Hall–Kier alpha value is -2.73. The number of benzene rings is 2. The molecule has 148 valence electrons. The maximum atomic E-state index is 12.4. The molecule has 0 atom stereocenters. The molecular formula is C21H24ClN3O3. The van der Waals surface area contributed by atoms with Crippen molar-refractivity contribution in [2.45, 2.75) is 26.8 Å². The van der Waals surface area contributed by atoms with Gasteiger partial charge in [-0.25, -0.2) is 4.79 Å². The average molecular weight is 402 g/mol. The first kappa shape index (κ1) is 20.0. The van der Waals surface area contributed by atoms with E-state index in [1.165, 1.54) is 12.7 Å².